The molecule has 12 heteroatoms. The van der Waals surface area contributed by atoms with Crippen molar-refractivity contribution < 1.29 is 0 Å². The molecule has 654 valence electrons. The van der Waals surface area contributed by atoms with Crippen LogP contribution in [0.15, 0.2) is 474 Å². The van der Waals surface area contributed by atoms with Gasteiger partial charge < -0.3 is 9.13 Å². The summed E-state index contributed by atoms with van der Waals surface area (Å²) in [7, 11) is 0. The fraction of sp³-hybridized carbons (Fsp3) is 0. The summed E-state index contributed by atoms with van der Waals surface area (Å²) in [6, 6.07) is 153. The quantitative estimate of drug-likeness (QED) is 0.110. The fourth-order valence-corrected chi connectivity index (χ4v) is 21.9. The Morgan fingerprint density at radius 2 is 0.504 bits per heavy atom. The van der Waals surface area contributed by atoms with E-state index in [1.165, 1.54) is 124 Å². The van der Waals surface area contributed by atoms with Crippen LogP contribution in [0, 0.1) is 0 Å². The molecule has 0 N–H and O–H groups in total. The summed E-state index contributed by atoms with van der Waals surface area (Å²) < 4.78 is 6.83. The summed E-state index contributed by atoms with van der Waals surface area (Å²) in [5.41, 5.74) is 28.7. The fourth-order valence-electron chi connectivity index (χ4n) is 21.9. The molecule has 0 fully saturated rings. The summed E-state index contributed by atoms with van der Waals surface area (Å²) in [5.74, 6) is 0. The van der Waals surface area contributed by atoms with Crippen LogP contribution in [0.4, 0.5) is 0 Å². The standard InChI is InChI=1S/3C43H26N4/c1-2-12-40-34(9-1)36-10-6-24-45-43(36)47(40)32-19-15-27(16-20-32)31-25-38(46-39(26-31)37-11-3-4-23-44-37)33-21-17-30-14-13-28-7-5-8-29-18-22-35(33)42(30)41(28)29;1-2-11-39-35(9-1)43-40(12-6-24-45-43)47(39)32-19-15-27(16-20-32)37-25-31(26-38(46-37)36-10-3-4-23-44-36)33-21-17-30-14-13-28-7-5-8-29-18-22-34(33)42(30)41(28)29;1-2-10-40-34(8-1)35-21-23-44-26-41(35)47(40)32-17-13-27(14-18-32)31-24-38(46-39(25-31)37-9-3-4-22-45-37)33-19-15-30-12-11-28-6-5-7-29-16-20-36(33)43(30)42(28)29/h3*1-26H. The Bertz CT molecular complexity index is 9050. The van der Waals surface area contributed by atoms with E-state index < -0.39 is 0 Å². The zero-order valence-electron chi connectivity index (χ0n) is 75.9. The first-order chi connectivity index (χ1) is 69.9. The van der Waals surface area contributed by atoms with Gasteiger partial charge in [0.15, 0.2) is 0 Å². The number of para-hydroxylation sites is 3. The van der Waals surface area contributed by atoms with Gasteiger partial charge >= 0.3 is 0 Å². The Kier molecular flexibility index (Phi) is 18.7. The molecule has 12 nitrogen and oxygen atoms in total. The summed E-state index contributed by atoms with van der Waals surface area (Å²) in [4.78, 5) is 43.6. The van der Waals surface area contributed by atoms with Crippen LogP contribution in [0.2, 0.25) is 0 Å². The van der Waals surface area contributed by atoms with Crippen LogP contribution in [0.25, 0.3) is 281 Å². The lowest BCUT2D eigenvalue weighted by Crippen LogP contribution is -1.96. The second-order valence-electron chi connectivity index (χ2n) is 36.3. The molecule has 12 heterocycles. The van der Waals surface area contributed by atoms with E-state index in [4.69, 9.17) is 24.9 Å². The molecule has 0 bridgehead atoms. The van der Waals surface area contributed by atoms with E-state index in [-0.39, 0.29) is 0 Å². The van der Waals surface area contributed by atoms with E-state index in [0.717, 1.165) is 157 Å². The van der Waals surface area contributed by atoms with Gasteiger partial charge in [-0.1, -0.05) is 273 Å². The first-order valence-corrected chi connectivity index (χ1v) is 47.6. The monoisotopic (exact) mass is 1790 g/mol. The van der Waals surface area contributed by atoms with Crippen molar-refractivity contribution in [3.05, 3.63) is 474 Å². The molecule has 0 aliphatic carbocycles. The Morgan fingerprint density at radius 3 is 1.00 bits per heavy atom. The largest absolute Gasteiger partial charge is 0.308 e. The van der Waals surface area contributed by atoms with Gasteiger partial charge in [0.1, 0.15) is 5.65 Å². The van der Waals surface area contributed by atoms with Gasteiger partial charge in [-0.05, 0) is 288 Å². The third-order valence-corrected chi connectivity index (χ3v) is 28.4. The van der Waals surface area contributed by atoms with Crippen molar-refractivity contribution in [1.29, 1.82) is 0 Å². The van der Waals surface area contributed by atoms with Gasteiger partial charge in [-0.3, -0.25) is 29.5 Å². The second kappa shape index (κ2) is 32.8. The van der Waals surface area contributed by atoms with Crippen LogP contribution >= 0.6 is 0 Å². The molecule has 0 radical (unpaired) electrons. The summed E-state index contributed by atoms with van der Waals surface area (Å²) in [5, 5.41) is 28.7. The lowest BCUT2D eigenvalue weighted by Gasteiger charge is -2.16. The zero-order chi connectivity index (χ0) is 92.7. The number of rotatable bonds is 12. The molecule has 0 aliphatic rings. The van der Waals surface area contributed by atoms with Crippen molar-refractivity contribution in [2.75, 3.05) is 0 Å². The van der Waals surface area contributed by atoms with Gasteiger partial charge in [-0.15, -0.1) is 0 Å². The van der Waals surface area contributed by atoms with E-state index in [9.17, 15) is 0 Å². The first-order valence-electron chi connectivity index (χ1n) is 47.6. The van der Waals surface area contributed by atoms with Crippen molar-refractivity contribution in [2.45, 2.75) is 0 Å². The van der Waals surface area contributed by atoms with E-state index >= 15 is 0 Å². The highest BCUT2D eigenvalue weighted by molar-refractivity contribution is 6.29. The number of fused-ring (bicyclic) bond motifs is 9. The van der Waals surface area contributed by atoms with Gasteiger partial charge in [0, 0.05) is 97.9 Å². The third kappa shape index (κ3) is 13.5. The Balaban J connectivity index is 0.000000104. The Labute approximate surface area is 808 Å². The minimum atomic E-state index is 0.847. The van der Waals surface area contributed by atoms with Crippen LogP contribution in [-0.2, 0) is 0 Å². The van der Waals surface area contributed by atoms with Gasteiger partial charge in [0.05, 0.1) is 90.5 Å². The zero-order valence-corrected chi connectivity index (χ0v) is 75.9. The highest BCUT2D eigenvalue weighted by Gasteiger charge is 2.24. The molecular formula is C129H78N12. The molecule has 141 heavy (non-hydrogen) atoms. The van der Waals surface area contributed by atoms with Crippen LogP contribution in [-0.4, -0.2) is 58.6 Å². The maximum atomic E-state index is 5.23. The van der Waals surface area contributed by atoms with Crippen molar-refractivity contribution in [2.24, 2.45) is 0 Å². The smallest absolute Gasteiger partial charge is 0.145 e. The van der Waals surface area contributed by atoms with E-state index in [1.807, 2.05) is 110 Å². The molecule has 0 unspecified atom stereocenters. The van der Waals surface area contributed by atoms with Crippen LogP contribution in [0.5, 0.6) is 0 Å². The Hall–Kier alpha value is -19.2. The summed E-state index contributed by atoms with van der Waals surface area (Å²) in [6.07, 6.45) is 13.0. The number of hydrogen-bond donors (Lipinski definition) is 0. The molecule has 0 aliphatic heterocycles. The highest BCUT2D eigenvalue weighted by atomic mass is 15.0. The van der Waals surface area contributed by atoms with E-state index in [2.05, 4.69) is 398 Å². The average Bonchev–Trinajstić information content (AvgIpc) is 1.65. The van der Waals surface area contributed by atoms with Gasteiger partial charge in [0.2, 0.25) is 0 Å². The molecule has 30 rings (SSSR count). The second-order valence-corrected chi connectivity index (χ2v) is 36.3. The van der Waals surface area contributed by atoms with Crippen LogP contribution in [0.1, 0.15) is 0 Å². The Morgan fingerprint density at radius 1 is 0.163 bits per heavy atom. The number of nitrogens with zero attached hydrogens (tertiary/aromatic N) is 12. The molecule has 30 aromatic rings. The molecule has 0 saturated heterocycles. The predicted octanol–water partition coefficient (Wildman–Crippen LogP) is 32.6. The third-order valence-electron chi connectivity index (χ3n) is 28.4. The van der Waals surface area contributed by atoms with Crippen molar-refractivity contribution >= 4 is 163 Å². The maximum absolute atomic E-state index is 5.23. The lowest BCUT2D eigenvalue weighted by molar-refractivity contribution is 1.14. The van der Waals surface area contributed by atoms with Gasteiger partial charge in [-0.25, -0.2) is 19.9 Å². The van der Waals surface area contributed by atoms with E-state index in [0.29, 0.717) is 0 Å². The van der Waals surface area contributed by atoms with Crippen molar-refractivity contribution in [3.8, 4) is 118 Å². The number of aromatic nitrogens is 12. The molecular weight excluding hydrogens is 1720 g/mol. The normalized spacial score (nSPS) is 11.8. The van der Waals surface area contributed by atoms with E-state index in [1.54, 1.807) is 0 Å². The van der Waals surface area contributed by atoms with Crippen molar-refractivity contribution in [3.63, 3.8) is 0 Å². The van der Waals surface area contributed by atoms with Crippen LogP contribution < -0.4 is 0 Å². The first kappa shape index (κ1) is 80.3. The minimum absolute atomic E-state index is 0.847. The topological polar surface area (TPSA) is 131 Å². The van der Waals surface area contributed by atoms with Crippen LogP contribution in [0.3, 0.4) is 0 Å². The van der Waals surface area contributed by atoms with Gasteiger partial charge in [0.25, 0.3) is 0 Å². The lowest BCUT2D eigenvalue weighted by atomic mass is 9.89. The SMILES string of the molecule is c1ccc(-c2cc(-c3ccc(-n4c5ccccc5c5cccnc54)cc3)cc(-c3ccc4ccc5cccc6ccc3c4c56)n2)nc1.c1ccc(-c2cc(-c3ccc(-n4c5ccccc5c5ccncc54)cc3)cc(-c3ccc4ccc5cccc6ccc3c4c56)n2)nc1.c1ccc(-c2cc(-c3ccc4ccc5cccc6ccc3c4c56)cc(-c3ccc(-n4c5ccccc5c5ncccc54)cc3)n2)nc1. The highest BCUT2D eigenvalue weighted by Crippen LogP contribution is 2.47. The molecule has 12 aromatic heterocycles. The average molecular weight is 1800 g/mol. The molecule has 0 amide bonds. The summed E-state index contributed by atoms with van der Waals surface area (Å²) >= 11 is 0. The molecule has 0 spiro atoms. The predicted molar refractivity (Wildman–Crippen MR) is 583 cm³/mol. The number of hydrogen-bond acceptors (Lipinski definition) is 9. The number of pyridine rings is 9. The molecule has 18 aromatic carbocycles. The maximum Gasteiger partial charge on any atom is 0.145 e. The number of benzene rings is 18. The van der Waals surface area contributed by atoms with Crippen molar-refractivity contribution in [1.82, 2.24) is 58.6 Å². The molecule has 0 saturated carbocycles. The van der Waals surface area contributed by atoms with Gasteiger partial charge in [-0.2, -0.15) is 0 Å². The summed E-state index contributed by atoms with van der Waals surface area (Å²) in [6.45, 7) is 0. The minimum Gasteiger partial charge on any atom is -0.308 e. The molecule has 0 atom stereocenters.